The fraction of sp³-hybridized carbons (Fsp3) is 0.636. The molecule has 1 fully saturated rings. The van der Waals surface area contributed by atoms with Crippen molar-refractivity contribution in [2.24, 2.45) is 11.8 Å². The number of nitrogens with one attached hydrogen (secondary N) is 1. The zero-order chi connectivity index (χ0) is 12.3. The highest BCUT2D eigenvalue weighted by Crippen LogP contribution is 2.29. The maximum absolute atomic E-state index is 5.88. The van der Waals surface area contributed by atoms with Crippen LogP contribution in [0.4, 0.5) is 5.95 Å². The monoisotopic (exact) mass is 300 g/mol. The summed E-state index contributed by atoms with van der Waals surface area (Å²) in [7, 11) is 0. The number of anilines is 1. The standard InChI is InChI=1S/C11H17BrN4O/c1-7-2-4-8(5-3-7)17-10-9(12)6-14-11(15-10)16-13/h6-8H,2-5,13H2,1H3,(H,14,15,16). The molecular weight excluding hydrogens is 284 g/mol. The number of nitrogens with two attached hydrogens (primary N) is 1. The van der Waals surface area contributed by atoms with Crippen LogP contribution in [-0.4, -0.2) is 16.1 Å². The van der Waals surface area contributed by atoms with Crippen molar-refractivity contribution in [1.82, 2.24) is 9.97 Å². The molecule has 0 radical (unpaired) electrons. The minimum absolute atomic E-state index is 0.253. The van der Waals surface area contributed by atoms with Crippen molar-refractivity contribution in [1.29, 1.82) is 0 Å². The van der Waals surface area contributed by atoms with Crippen LogP contribution in [0.3, 0.4) is 0 Å². The summed E-state index contributed by atoms with van der Waals surface area (Å²) >= 11 is 3.38. The molecule has 1 aliphatic rings. The average Bonchev–Trinajstić information content (AvgIpc) is 2.35. The Labute approximate surface area is 109 Å². The van der Waals surface area contributed by atoms with E-state index >= 15 is 0 Å². The lowest BCUT2D eigenvalue weighted by atomic mass is 9.89. The van der Waals surface area contributed by atoms with E-state index in [0.29, 0.717) is 11.8 Å². The molecule has 1 heterocycles. The number of nitrogens with zero attached hydrogens (tertiary/aromatic N) is 2. The van der Waals surface area contributed by atoms with E-state index in [1.165, 1.54) is 12.8 Å². The summed E-state index contributed by atoms with van der Waals surface area (Å²) < 4.78 is 6.64. The molecule has 0 aliphatic heterocycles. The molecule has 6 heteroatoms. The van der Waals surface area contributed by atoms with Crippen LogP contribution in [0.15, 0.2) is 10.7 Å². The van der Waals surface area contributed by atoms with Crippen molar-refractivity contribution in [3.05, 3.63) is 10.7 Å². The lowest BCUT2D eigenvalue weighted by Crippen LogP contribution is -2.24. The average molecular weight is 301 g/mol. The van der Waals surface area contributed by atoms with Gasteiger partial charge in [-0.05, 0) is 47.5 Å². The molecule has 94 valence electrons. The van der Waals surface area contributed by atoms with Gasteiger partial charge in [-0.3, -0.25) is 5.43 Å². The molecule has 0 saturated heterocycles. The number of hydrogen-bond donors (Lipinski definition) is 2. The molecule has 0 unspecified atom stereocenters. The van der Waals surface area contributed by atoms with Gasteiger partial charge in [-0.15, -0.1) is 0 Å². The number of aromatic nitrogens is 2. The van der Waals surface area contributed by atoms with Gasteiger partial charge in [0.1, 0.15) is 6.10 Å². The van der Waals surface area contributed by atoms with Gasteiger partial charge in [-0.25, -0.2) is 10.8 Å². The molecule has 1 aromatic rings. The SMILES string of the molecule is CC1CCC(Oc2nc(NN)ncc2Br)CC1. The topological polar surface area (TPSA) is 73.1 Å². The van der Waals surface area contributed by atoms with E-state index in [1.54, 1.807) is 6.20 Å². The van der Waals surface area contributed by atoms with E-state index in [0.717, 1.165) is 23.2 Å². The predicted molar refractivity (Wildman–Crippen MR) is 69.6 cm³/mol. The first-order valence-corrected chi connectivity index (χ1v) is 6.64. The highest BCUT2D eigenvalue weighted by molar-refractivity contribution is 9.10. The van der Waals surface area contributed by atoms with Crippen LogP contribution < -0.4 is 16.0 Å². The molecule has 0 spiro atoms. The molecule has 0 aromatic carbocycles. The van der Waals surface area contributed by atoms with E-state index in [-0.39, 0.29) is 6.10 Å². The first-order valence-electron chi connectivity index (χ1n) is 5.85. The summed E-state index contributed by atoms with van der Waals surface area (Å²) in [6.07, 6.45) is 6.50. The lowest BCUT2D eigenvalue weighted by molar-refractivity contribution is 0.129. The fourth-order valence-electron chi connectivity index (χ4n) is 2.01. The second kappa shape index (κ2) is 5.64. The largest absolute Gasteiger partial charge is 0.473 e. The molecule has 17 heavy (non-hydrogen) atoms. The van der Waals surface area contributed by atoms with Gasteiger partial charge in [-0.2, -0.15) is 4.98 Å². The van der Waals surface area contributed by atoms with E-state index < -0.39 is 0 Å². The van der Waals surface area contributed by atoms with E-state index in [2.05, 4.69) is 38.2 Å². The number of hydrogen-bond acceptors (Lipinski definition) is 5. The zero-order valence-electron chi connectivity index (χ0n) is 9.82. The first kappa shape index (κ1) is 12.6. The Morgan fingerprint density at radius 2 is 2.12 bits per heavy atom. The van der Waals surface area contributed by atoms with Crippen LogP contribution >= 0.6 is 15.9 Å². The molecule has 2 rings (SSSR count). The van der Waals surface area contributed by atoms with E-state index in [4.69, 9.17) is 10.6 Å². The predicted octanol–water partition coefficient (Wildman–Crippen LogP) is 2.48. The summed E-state index contributed by atoms with van der Waals surface area (Å²) in [4.78, 5) is 8.18. The number of hydrazine groups is 1. The third-order valence-electron chi connectivity index (χ3n) is 3.08. The molecule has 0 bridgehead atoms. The van der Waals surface area contributed by atoms with Crippen LogP contribution in [0.25, 0.3) is 0 Å². The summed E-state index contributed by atoms with van der Waals surface area (Å²) in [6.45, 7) is 2.28. The van der Waals surface area contributed by atoms with Crippen LogP contribution in [-0.2, 0) is 0 Å². The van der Waals surface area contributed by atoms with Crippen LogP contribution in [0.2, 0.25) is 0 Å². The molecule has 5 nitrogen and oxygen atoms in total. The Morgan fingerprint density at radius 3 is 2.76 bits per heavy atom. The van der Waals surface area contributed by atoms with Crippen LogP contribution in [0, 0.1) is 5.92 Å². The number of ether oxygens (including phenoxy) is 1. The summed E-state index contributed by atoms with van der Waals surface area (Å²) in [6, 6.07) is 0. The van der Waals surface area contributed by atoms with Gasteiger partial charge < -0.3 is 4.74 Å². The minimum atomic E-state index is 0.253. The number of nitrogen functional groups attached to an aromatic ring is 1. The maximum atomic E-state index is 5.88. The third-order valence-corrected chi connectivity index (χ3v) is 3.63. The Kier molecular flexibility index (Phi) is 4.17. The quantitative estimate of drug-likeness (QED) is 0.663. The normalized spacial score (nSPS) is 24.4. The van der Waals surface area contributed by atoms with Gasteiger partial charge in [0.05, 0.1) is 10.7 Å². The Balaban J connectivity index is 2.02. The number of rotatable bonds is 3. The van der Waals surface area contributed by atoms with Crippen molar-refractivity contribution >= 4 is 21.9 Å². The highest BCUT2D eigenvalue weighted by Gasteiger charge is 2.21. The van der Waals surface area contributed by atoms with Crippen LogP contribution in [0.1, 0.15) is 32.6 Å². The van der Waals surface area contributed by atoms with Crippen molar-refractivity contribution in [2.45, 2.75) is 38.7 Å². The summed E-state index contributed by atoms with van der Waals surface area (Å²) in [5.74, 6) is 7.01. The lowest BCUT2D eigenvalue weighted by Gasteiger charge is -2.26. The summed E-state index contributed by atoms with van der Waals surface area (Å²) in [5, 5.41) is 0. The maximum Gasteiger partial charge on any atom is 0.240 e. The summed E-state index contributed by atoms with van der Waals surface area (Å²) in [5.41, 5.74) is 2.42. The second-order valence-electron chi connectivity index (χ2n) is 4.49. The molecule has 0 atom stereocenters. The first-order chi connectivity index (χ1) is 8.19. The van der Waals surface area contributed by atoms with Gasteiger partial charge >= 0.3 is 0 Å². The minimum Gasteiger partial charge on any atom is -0.473 e. The molecule has 1 saturated carbocycles. The van der Waals surface area contributed by atoms with Crippen molar-refractivity contribution in [3.63, 3.8) is 0 Å². The van der Waals surface area contributed by atoms with E-state index in [1.807, 2.05) is 0 Å². The van der Waals surface area contributed by atoms with Crippen molar-refractivity contribution < 1.29 is 4.74 Å². The van der Waals surface area contributed by atoms with E-state index in [9.17, 15) is 0 Å². The molecule has 1 aromatic heterocycles. The van der Waals surface area contributed by atoms with Gasteiger partial charge in [0.2, 0.25) is 11.8 Å². The van der Waals surface area contributed by atoms with Crippen molar-refractivity contribution in [2.75, 3.05) is 5.43 Å². The molecular formula is C11H17BrN4O. The smallest absolute Gasteiger partial charge is 0.240 e. The van der Waals surface area contributed by atoms with Crippen molar-refractivity contribution in [3.8, 4) is 5.88 Å². The fourth-order valence-corrected chi connectivity index (χ4v) is 2.29. The molecule has 3 N–H and O–H groups in total. The molecule has 1 aliphatic carbocycles. The second-order valence-corrected chi connectivity index (χ2v) is 5.35. The van der Waals surface area contributed by atoms with Gasteiger partial charge in [0.15, 0.2) is 0 Å². The Morgan fingerprint density at radius 1 is 1.41 bits per heavy atom. The zero-order valence-corrected chi connectivity index (χ0v) is 11.4. The Hall–Kier alpha value is -0.880. The van der Waals surface area contributed by atoms with Gasteiger partial charge in [0, 0.05) is 0 Å². The highest BCUT2D eigenvalue weighted by atomic mass is 79.9. The number of halogens is 1. The Bertz CT molecular complexity index is 380. The third kappa shape index (κ3) is 3.29. The van der Waals surface area contributed by atoms with Gasteiger partial charge in [-0.1, -0.05) is 6.92 Å². The van der Waals surface area contributed by atoms with Crippen LogP contribution in [0.5, 0.6) is 5.88 Å². The molecule has 0 amide bonds. The van der Waals surface area contributed by atoms with Gasteiger partial charge in [0.25, 0.3) is 0 Å².